The summed E-state index contributed by atoms with van der Waals surface area (Å²) in [5.74, 6) is 0. The average molecular weight is 319 g/mol. The minimum Gasteiger partial charge on any atom is -0.396 e. The lowest BCUT2D eigenvalue weighted by molar-refractivity contribution is 0.228. The summed E-state index contributed by atoms with van der Waals surface area (Å²) in [6, 6.07) is 4.90. The summed E-state index contributed by atoms with van der Waals surface area (Å²) in [5.41, 5.74) is 0.826. The molecule has 0 aliphatic rings. The van der Waals surface area contributed by atoms with E-state index in [1.54, 1.807) is 18.2 Å². The number of carbonyl (C=O) groups excluding carboxylic acids is 1. The van der Waals surface area contributed by atoms with E-state index in [1.165, 1.54) is 0 Å². The van der Waals surface area contributed by atoms with Crippen molar-refractivity contribution in [1.29, 1.82) is 0 Å². The van der Waals surface area contributed by atoms with Crippen LogP contribution in [0.3, 0.4) is 0 Å². The first-order valence-electron chi connectivity index (χ1n) is 6.54. The molecule has 0 saturated heterocycles. The van der Waals surface area contributed by atoms with Crippen molar-refractivity contribution in [2.75, 3.05) is 6.61 Å². The highest BCUT2D eigenvalue weighted by Gasteiger charge is 2.13. The highest BCUT2D eigenvalue weighted by Crippen LogP contribution is 2.25. The molecule has 2 amide bonds. The number of hydrogen-bond acceptors (Lipinski definition) is 2. The van der Waals surface area contributed by atoms with Crippen molar-refractivity contribution in [3.63, 3.8) is 0 Å². The van der Waals surface area contributed by atoms with Gasteiger partial charge in [-0.15, -0.1) is 0 Å². The minimum absolute atomic E-state index is 0.0478. The van der Waals surface area contributed by atoms with E-state index in [2.05, 4.69) is 10.6 Å². The smallest absolute Gasteiger partial charge is 0.315 e. The molecule has 0 saturated carbocycles. The van der Waals surface area contributed by atoms with Gasteiger partial charge >= 0.3 is 6.03 Å². The van der Waals surface area contributed by atoms with Gasteiger partial charge in [0.25, 0.3) is 0 Å². The molecule has 1 rings (SSSR count). The molecular weight excluding hydrogens is 299 g/mol. The Morgan fingerprint density at radius 3 is 2.30 bits per heavy atom. The second-order valence-corrected chi connectivity index (χ2v) is 5.65. The second kappa shape index (κ2) is 8.35. The van der Waals surface area contributed by atoms with E-state index >= 15 is 0 Å². The Morgan fingerprint density at radius 2 is 1.75 bits per heavy atom. The fraction of sp³-hybridized carbons (Fsp3) is 0.500. The summed E-state index contributed by atoms with van der Waals surface area (Å²) in [7, 11) is 0. The quantitative estimate of drug-likeness (QED) is 0.755. The molecule has 0 heterocycles. The van der Waals surface area contributed by atoms with Crippen LogP contribution in [0.4, 0.5) is 4.79 Å². The molecule has 0 spiro atoms. The zero-order chi connectivity index (χ0) is 15.1. The lowest BCUT2D eigenvalue weighted by Crippen LogP contribution is -2.45. The highest BCUT2D eigenvalue weighted by molar-refractivity contribution is 6.36. The van der Waals surface area contributed by atoms with Crippen LogP contribution in [0.25, 0.3) is 0 Å². The number of aliphatic hydroxyl groups excluding tert-OH is 1. The number of carbonyl (C=O) groups is 1. The van der Waals surface area contributed by atoms with E-state index in [1.807, 2.05) is 13.8 Å². The van der Waals surface area contributed by atoms with Crippen molar-refractivity contribution in [3.05, 3.63) is 33.8 Å². The molecule has 2 atom stereocenters. The standard InChI is InChI=1S/C14H20Cl2N2O2/c1-9(6-7-19)17-14(20)18-10(2)8-11-12(15)4-3-5-13(11)16/h3-5,9-10,19H,6-8H2,1-2H3,(H2,17,18,20)/t9-,10?/m1/s1. The maximum atomic E-state index is 11.7. The van der Waals surface area contributed by atoms with Gasteiger partial charge in [-0.25, -0.2) is 4.79 Å². The molecule has 112 valence electrons. The van der Waals surface area contributed by atoms with Gasteiger partial charge in [0, 0.05) is 28.7 Å². The highest BCUT2D eigenvalue weighted by atomic mass is 35.5. The number of benzene rings is 1. The Hall–Kier alpha value is -0.970. The van der Waals surface area contributed by atoms with Crippen LogP contribution in [0.15, 0.2) is 18.2 Å². The normalized spacial score (nSPS) is 13.7. The van der Waals surface area contributed by atoms with E-state index < -0.39 is 0 Å². The molecule has 6 heteroatoms. The predicted molar refractivity (Wildman–Crippen MR) is 82.5 cm³/mol. The average Bonchev–Trinajstić information content (AvgIpc) is 2.34. The van der Waals surface area contributed by atoms with E-state index in [4.69, 9.17) is 28.3 Å². The molecule has 0 bridgehead atoms. The fourth-order valence-electron chi connectivity index (χ4n) is 1.84. The van der Waals surface area contributed by atoms with Gasteiger partial charge < -0.3 is 15.7 Å². The SMILES string of the molecule is CC(Cc1c(Cl)cccc1Cl)NC(=O)N[C@H](C)CCO. The van der Waals surface area contributed by atoms with E-state index in [0.717, 1.165) is 5.56 Å². The topological polar surface area (TPSA) is 61.4 Å². The second-order valence-electron chi connectivity index (χ2n) is 4.84. The molecule has 0 aliphatic carbocycles. The van der Waals surface area contributed by atoms with Crippen LogP contribution in [-0.2, 0) is 6.42 Å². The van der Waals surface area contributed by atoms with Gasteiger partial charge in [-0.1, -0.05) is 29.3 Å². The summed E-state index contributed by atoms with van der Waals surface area (Å²) < 4.78 is 0. The molecule has 1 unspecified atom stereocenters. The molecular formula is C14H20Cl2N2O2. The van der Waals surface area contributed by atoms with E-state index in [-0.39, 0.29) is 24.7 Å². The summed E-state index contributed by atoms with van der Waals surface area (Å²) >= 11 is 12.2. The van der Waals surface area contributed by atoms with Crippen molar-refractivity contribution in [2.24, 2.45) is 0 Å². The summed E-state index contributed by atoms with van der Waals surface area (Å²) in [6.45, 7) is 3.77. The summed E-state index contributed by atoms with van der Waals surface area (Å²) in [4.78, 5) is 11.7. The van der Waals surface area contributed by atoms with Gasteiger partial charge in [-0.2, -0.15) is 0 Å². The Morgan fingerprint density at radius 1 is 1.20 bits per heavy atom. The molecule has 4 nitrogen and oxygen atoms in total. The number of halogens is 2. The van der Waals surface area contributed by atoms with Gasteiger partial charge in [-0.05, 0) is 44.4 Å². The Balaban J connectivity index is 2.51. The third-order valence-corrected chi connectivity index (χ3v) is 3.60. The van der Waals surface area contributed by atoms with Crippen LogP contribution in [0, 0.1) is 0 Å². The molecule has 0 radical (unpaired) electrons. The molecule has 20 heavy (non-hydrogen) atoms. The molecule has 0 fully saturated rings. The zero-order valence-electron chi connectivity index (χ0n) is 11.6. The molecule has 1 aromatic rings. The maximum absolute atomic E-state index is 11.7. The summed E-state index contributed by atoms with van der Waals surface area (Å²) in [5, 5.41) is 15.6. The number of rotatable bonds is 6. The first-order valence-corrected chi connectivity index (χ1v) is 7.30. The van der Waals surface area contributed by atoms with Crippen molar-refractivity contribution < 1.29 is 9.90 Å². The van der Waals surface area contributed by atoms with Crippen molar-refractivity contribution >= 4 is 29.2 Å². The number of amides is 2. The Labute approximate surface area is 129 Å². The largest absolute Gasteiger partial charge is 0.396 e. The predicted octanol–water partition coefficient (Wildman–Crippen LogP) is 2.99. The van der Waals surface area contributed by atoms with Crippen LogP contribution >= 0.6 is 23.2 Å². The number of nitrogens with one attached hydrogen (secondary N) is 2. The fourth-order valence-corrected chi connectivity index (χ4v) is 2.39. The van der Waals surface area contributed by atoms with Crippen LogP contribution in [0.5, 0.6) is 0 Å². The number of hydrogen-bond donors (Lipinski definition) is 3. The molecule has 1 aromatic carbocycles. The molecule has 3 N–H and O–H groups in total. The third-order valence-electron chi connectivity index (χ3n) is 2.89. The van der Waals surface area contributed by atoms with E-state index in [0.29, 0.717) is 22.9 Å². The molecule has 0 aliphatic heterocycles. The van der Waals surface area contributed by atoms with Gasteiger partial charge in [-0.3, -0.25) is 0 Å². The van der Waals surface area contributed by atoms with Crippen LogP contribution in [-0.4, -0.2) is 29.8 Å². The minimum atomic E-state index is -0.262. The van der Waals surface area contributed by atoms with Gasteiger partial charge in [0.2, 0.25) is 0 Å². The number of aliphatic hydroxyl groups is 1. The van der Waals surface area contributed by atoms with E-state index in [9.17, 15) is 4.79 Å². The van der Waals surface area contributed by atoms with Crippen LogP contribution < -0.4 is 10.6 Å². The lowest BCUT2D eigenvalue weighted by Gasteiger charge is -2.18. The Bertz CT molecular complexity index is 435. The van der Waals surface area contributed by atoms with Crippen molar-refractivity contribution in [1.82, 2.24) is 10.6 Å². The number of urea groups is 1. The zero-order valence-corrected chi connectivity index (χ0v) is 13.1. The van der Waals surface area contributed by atoms with Crippen molar-refractivity contribution in [2.45, 2.75) is 38.8 Å². The summed E-state index contributed by atoms with van der Waals surface area (Å²) in [6.07, 6.45) is 1.08. The van der Waals surface area contributed by atoms with Crippen molar-refractivity contribution in [3.8, 4) is 0 Å². The third kappa shape index (κ3) is 5.57. The Kier molecular flexibility index (Phi) is 7.13. The van der Waals surface area contributed by atoms with Gasteiger partial charge in [0.05, 0.1) is 0 Å². The first kappa shape index (κ1) is 17.1. The maximum Gasteiger partial charge on any atom is 0.315 e. The lowest BCUT2D eigenvalue weighted by atomic mass is 10.1. The first-order chi connectivity index (χ1) is 9.43. The molecule has 0 aromatic heterocycles. The van der Waals surface area contributed by atoms with Gasteiger partial charge in [0.1, 0.15) is 0 Å². The van der Waals surface area contributed by atoms with Gasteiger partial charge in [0.15, 0.2) is 0 Å². The monoisotopic (exact) mass is 318 g/mol. The van der Waals surface area contributed by atoms with Crippen LogP contribution in [0.1, 0.15) is 25.8 Å². The van der Waals surface area contributed by atoms with Crippen LogP contribution in [0.2, 0.25) is 10.0 Å².